The Morgan fingerprint density at radius 2 is 1.88 bits per heavy atom. The van der Waals surface area contributed by atoms with Crippen molar-refractivity contribution in [3.8, 4) is 5.75 Å². The third-order valence-corrected chi connectivity index (χ3v) is 5.08. The maximum atomic E-state index is 13.1. The third kappa shape index (κ3) is 11.0. The van der Waals surface area contributed by atoms with E-state index in [2.05, 4.69) is 26.2 Å². The largest absolute Gasteiger partial charge is 0.487 e. The number of halogens is 1. The summed E-state index contributed by atoms with van der Waals surface area (Å²) >= 11 is 0. The molecule has 0 saturated carbocycles. The van der Waals surface area contributed by atoms with Gasteiger partial charge in [-0.2, -0.15) is 5.10 Å². The molecule has 216 valence electrons. The zero-order chi connectivity index (χ0) is 28.3. The number of hydrazone groups is 1. The number of rotatable bonds is 11. The number of ether oxygens (including phenoxy) is 3. The molecule has 1 aliphatic heterocycles. The monoisotopic (exact) mass is 618 g/mol. The average molecular weight is 620 g/mol. The van der Waals surface area contributed by atoms with E-state index in [0.29, 0.717) is 34.9 Å². The summed E-state index contributed by atoms with van der Waals surface area (Å²) in [5, 5.41) is 9.46. The number of nitrogens with zero attached hydrogens (tertiary/aromatic N) is 2. The number of hydrogen-bond donors (Lipinski definition) is 4. The number of nitrogens with one attached hydrogen (secondary N) is 3. The van der Waals surface area contributed by atoms with Crippen molar-refractivity contribution in [3.63, 3.8) is 0 Å². The van der Waals surface area contributed by atoms with Crippen molar-refractivity contribution in [2.45, 2.75) is 45.6 Å². The molecule has 0 fully saturated rings. The molecule has 1 amide bonds. The Labute approximate surface area is 243 Å². The molecule has 1 aliphatic rings. The number of carbonyl (C=O) groups is 3. The van der Waals surface area contributed by atoms with Crippen LogP contribution in [0.15, 0.2) is 58.6 Å². The number of amides is 1. The Kier molecular flexibility index (Phi) is 12.6. The Morgan fingerprint density at radius 3 is 2.55 bits per heavy atom. The number of guanidine groups is 1. The molecule has 0 bridgehead atoms. The molecule has 1 atom stereocenters. The van der Waals surface area contributed by atoms with E-state index in [-0.39, 0.29) is 42.4 Å². The van der Waals surface area contributed by atoms with Crippen molar-refractivity contribution >= 4 is 47.0 Å². The molecular formula is C27H35BrN6O6. The van der Waals surface area contributed by atoms with Gasteiger partial charge in [0.05, 0.1) is 30.9 Å². The van der Waals surface area contributed by atoms with Gasteiger partial charge in [0, 0.05) is 12.1 Å². The van der Waals surface area contributed by atoms with Crippen molar-refractivity contribution in [2.24, 2.45) is 15.8 Å². The first-order valence-electron chi connectivity index (χ1n) is 12.4. The van der Waals surface area contributed by atoms with Crippen molar-refractivity contribution in [1.82, 2.24) is 16.1 Å². The topological polar surface area (TPSA) is 166 Å². The molecule has 13 heteroatoms. The number of ketones is 1. The Hall–Kier alpha value is -3.97. The molecule has 0 saturated heterocycles. The van der Waals surface area contributed by atoms with Gasteiger partial charge in [-0.15, -0.1) is 17.0 Å². The van der Waals surface area contributed by atoms with Crippen LogP contribution in [0, 0.1) is 0 Å². The van der Waals surface area contributed by atoms with Gasteiger partial charge in [-0.1, -0.05) is 36.4 Å². The van der Waals surface area contributed by atoms with Gasteiger partial charge in [0.2, 0.25) is 5.96 Å². The number of carbonyl (C=O) groups excluding carboxylic acids is 3. The minimum atomic E-state index is -0.948. The summed E-state index contributed by atoms with van der Waals surface area (Å²) in [6, 6.07) is 13.6. The highest BCUT2D eigenvalue weighted by molar-refractivity contribution is 8.93. The van der Waals surface area contributed by atoms with Gasteiger partial charge in [0.1, 0.15) is 24.6 Å². The third-order valence-electron chi connectivity index (χ3n) is 5.08. The van der Waals surface area contributed by atoms with E-state index >= 15 is 0 Å². The van der Waals surface area contributed by atoms with Gasteiger partial charge in [-0.05, 0) is 38.5 Å². The van der Waals surface area contributed by atoms with Crippen molar-refractivity contribution < 1.29 is 28.6 Å². The number of esters is 1. The molecule has 40 heavy (non-hydrogen) atoms. The number of para-hydroxylation sites is 1. The van der Waals surface area contributed by atoms with E-state index in [1.165, 1.54) is 0 Å². The normalized spacial score (nSPS) is 13.3. The van der Waals surface area contributed by atoms with Crippen LogP contribution in [-0.4, -0.2) is 61.5 Å². The summed E-state index contributed by atoms with van der Waals surface area (Å²) in [7, 11) is 0. The minimum absolute atomic E-state index is 0. The van der Waals surface area contributed by atoms with Crippen LogP contribution >= 0.6 is 17.0 Å². The molecule has 12 nitrogen and oxygen atoms in total. The fourth-order valence-corrected chi connectivity index (χ4v) is 3.39. The van der Waals surface area contributed by atoms with Gasteiger partial charge < -0.3 is 30.6 Å². The maximum absolute atomic E-state index is 13.1. The fraction of sp³-hybridized carbons (Fsp3) is 0.370. The SMILES string of the molecule is Br.CC(C)(C)OC(=O)C[C@@H](N)NC(=O)OCc1ccc(C(=O)c2ccccc2OCC=NNC2=NCCN2)cc1. The van der Waals surface area contributed by atoms with Gasteiger partial charge >= 0.3 is 12.1 Å². The van der Waals surface area contributed by atoms with E-state index in [0.717, 1.165) is 6.54 Å². The molecule has 0 spiro atoms. The smallest absolute Gasteiger partial charge is 0.408 e. The molecule has 5 N–H and O–H groups in total. The lowest BCUT2D eigenvalue weighted by atomic mass is 10.0. The minimum Gasteiger partial charge on any atom is -0.487 e. The Bertz CT molecular complexity index is 1210. The second-order valence-corrected chi connectivity index (χ2v) is 9.53. The zero-order valence-corrected chi connectivity index (χ0v) is 24.4. The van der Waals surface area contributed by atoms with Gasteiger partial charge in [-0.3, -0.25) is 9.59 Å². The van der Waals surface area contributed by atoms with Crippen LogP contribution in [0.25, 0.3) is 0 Å². The number of aliphatic imine (C=N–C) groups is 1. The van der Waals surface area contributed by atoms with Crippen LogP contribution in [0.2, 0.25) is 0 Å². The summed E-state index contributed by atoms with van der Waals surface area (Å²) in [6.07, 6.45) is -0.371. The Morgan fingerprint density at radius 1 is 1.15 bits per heavy atom. The zero-order valence-electron chi connectivity index (χ0n) is 22.6. The number of hydrogen-bond acceptors (Lipinski definition) is 11. The van der Waals surface area contributed by atoms with E-state index < -0.39 is 23.8 Å². The molecule has 2 aromatic rings. The lowest BCUT2D eigenvalue weighted by Gasteiger charge is -2.21. The first-order valence-corrected chi connectivity index (χ1v) is 12.4. The predicted octanol–water partition coefficient (Wildman–Crippen LogP) is 2.65. The summed E-state index contributed by atoms with van der Waals surface area (Å²) < 4.78 is 16.1. The Balaban J connectivity index is 0.00000560. The second-order valence-electron chi connectivity index (χ2n) is 9.53. The van der Waals surface area contributed by atoms with Crippen LogP contribution in [0.5, 0.6) is 5.75 Å². The number of benzene rings is 2. The highest BCUT2D eigenvalue weighted by Crippen LogP contribution is 2.22. The quantitative estimate of drug-likeness (QED) is 0.0973. The van der Waals surface area contributed by atoms with Gasteiger partial charge in [0.15, 0.2) is 5.78 Å². The van der Waals surface area contributed by atoms with Crippen LogP contribution in [0.4, 0.5) is 4.79 Å². The van der Waals surface area contributed by atoms with Gasteiger partial charge in [0.25, 0.3) is 0 Å². The molecule has 0 radical (unpaired) electrons. The molecule has 0 unspecified atom stereocenters. The first-order chi connectivity index (χ1) is 18.6. The first kappa shape index (κ1) is 32.2. The highest BCUT2D eigenvalue weighted by Gasteiger charge is 2.20. The average Bonchev–Trinajstić information content (AvgIpc) is 3.40. The predicted molar refractivity (Wildman–Crippen MR) is 156 cm³/mol. The molecular weight excluding hydrogens is 584 g/mol. The highest BCUT2D eigenvalue weighted by atomic mass is 79.9. The van der Waals surface area contributed by atoms with E-state index in [1.807, 2.05) is 0 Å². The lowest BCUT2D eigenvalue weighted by molar-refractivity contribution is -0.155. The molecule has 0 aromatic heterocycles. The van der Waals surface area contributed by atoms with E-state index in [1.54, 1.807) is 75.5 Å². The fourth-order valence-electron chi connectivity index (χ4n) is 3.39. The van der Waals surface area contributed by atoms with E-state index in [9.17, 15) is 14.4 Å². The van der Waals surface area contributed by atoms with Crippen molar-refractivity contribution in [1.29, 1.82) is 0 Å². The maximum Gasteiger partial charge on any atom is 0.408 e. The van der Waals surface area contributed by atoms with Crippen LogP contribution in [0.3, 0.4) is 0 Å². The van der Waals surface area contributed by atoms with Crippen LogP contribution < -0.4 is 26.5 Å². The van der Waals surface area contributed by atoms with Crippen LogP contribution in [-0.2, 0) is 20.9 Å². The lowest BCUT2D eigenvalue weighted by Crippen LogP contribution is -2.44. The summed E-state index contributed by atoms with van der Waals surface area (Å²) in [5.41, 5.74) is 9.43. The molecule has 2 aromatic carbocycles. The van der Waals surface area contributed by atoms with Crippen molar-refractivity contribution in [2.75, 3.05) is 19.7 Å². The van der Waals surface area contributed by atoms with Gasteiger partial charge in [-0.25, -0.2) is 15.2 Å². The standard InChI is InChI=1S/C27H34N6O6.BrH/c1-27(2,3)39-23(34)16-22(28)32-26(36)38-17-18-8-10-19(11-9-18)24(35)20-6-4-5-7-21(20)37-15-14-31-33-25-29-12-13-30-25;/h4-11,14,22H,12-13,15-17,28H2,1-3H3,(H,32,36)(H2,29,30,33);1H/t22-;/m0./s1. The number of nitrogens with two attached hydrogens (primary N) is 1. The van der Waals surface area contributed by atoms with E-state index in [4.69, 9.17) is 19.9 Å². The molecule has 3 rings (SSSR count). The number of alkyl carbamates (subject to hydrolysis) is 1. The molecule has 1 heterocycles. The second kappa shape index (κ2) is 15.6. The summed E-state index contributed by atoms with van der Waals surface area (Å²) in [6.45, 7) is 6.82. The summed E-state index contributed by atoms with van der Waals surface area (Å²) in [4.78, 5) is 41.1. The van der Waals surface area contributed by atoms with Crippen LogP contribution in [0.1, 0.15) is 48.7 Å². The summed E-state index contributed by atoms with van der Waals surface area (Å²) in [5.74, 6) is 0.290. The van der Waals surface area contributed by atoms with Crippen molar-refractivity contribution in [3.05, 3.63) is 65.2 Å². The molecule has 0 aliphatic carbocycles.